The Morgan fingerprint density at radius 2 is 1.80 bits per heavy atom. The molecule has 0 bridgehead atoms. The van der Waals surface area contributed by atoms with Gasteiger partial charge in [0.1, 0.15) is 30.8 Å². The molecule has 3 aromatic carbocycles. The Bertz CT molecular complexity index is 1680. The van der Waals surface area contributed by atoms with Gasteiger partial charge in [-0.2, -0.15) is 0 Å². The second-order valence-corrected chi connectivity index (χ2v) is 11.4. The fourth-order valence-corrected chi connectivity index (χ4v) is 6.63. The van der Waals surface area contributed by atoms with Gasteiger partial charge in [-0.3, -0.25) is 14.5 Å². The van der Waals surface area contributed by atoms with Crippen LogP contribution in [0.1, 0.15) is 22.7 Å². The van der Waals surface area contributed by atoms with Crippen LogP contribution in [0, 0.1) is 5.82 Å². The number of aliphatic hydroxyl groups excluding tert-OH is 1. The van der Waals surface area contributed by atoms with E-state index in [9.17, 15) is 14.7 Å². The van der Waals surface area contributed by atoms with Crippen molar-refractivity contribution in [2.24, 2.45) is 0 Å². The van der Waals surface area contributed by atoms with Gasteiger partial charge in [-0.1, -0.05) is 71.1 Å². The highest BCUT2D eigenvalue weighted by molar-refractivity contribution is 8.00. The van der Waals surface area contributed by atoms with Crippen molar-refractivity contribution in [3.63, 3.8) is 0 Å². The second-order valence-electron chi connectivity index (χ2n) is 8.78. The van der Waals surface area contributed by atoms with Gasteiger partial charge >= 0.3 is 5.91 Å². The summed E-state index contributed by atoms with van der Waals surface area (Å²) in [5.41, 5.74) is 0.877. The lowest BCUT2D eigenvalue weighted by atomic mass is 9.95. The molecule has 0 spiro atoms. The van der Waals surface area contributed by atoms with E-state index in [1.165, 1.54) is 36.0 Å². The first-order valence-electron chi connectivity index (χ1n) is 12.1. The van der Waals surface area contributed by atoms with E-state index in [4.69, 9.17) is 21.1 Å². The molecule has 1 fully saturated rings. The van der Waals surface area contributed by atoms with Gasteiger partial charge in [-0.05, 0) is 35.9 Å². The number of benzene rings is 3. The molecule has 1 N–H and O–H groups in total. The fraction of sp³-hybridized carbons (Fsp3) is 0.143. The summed E-state index contributed by atoms with van der Waals surface area (Å²) in [6, 6.07) is 16.6. The third-order valence-corrected chi connectivity index (χ3v) is 8.84. The molecule has 1 aromatic heterocycles. The Labute approximate surface area is 241 Å². The minimum Gasteiger partial charge on any atom is -0.507 e. The van der Waals surface area contributed by atoms with E-state index in [1.54, 1.807) is 24.3 Å². The summed E-state index contributed by atoms with van der Waals surface area (Å²) in [6.45, 7) is 0.710. The predicted molar refractivity (Wildman–Crippen MR) is 150 cm³/mol. The van der Waals surface area contributed by atoms with E-state index in [2.05, 4.69) is 10.2 Å². The largest absolute Gasteiger partial charge is 0.507 e. The Hall–Kier alpha value is -3.93. The normalized spacial score (nSPS) is 17.9. The number of hydrogen-bond donors (Lipinski definition) is 1. The lowest BCUT2D eigenvalue weighted by molar-refractivity contribution is -0.132. The minimum absolute atomic E-state index is 0.0289. The summed E-state index contributed by atoms with van der Waals surface area (Å²) in [6.07, 6.45) is 0. The van der Waals surface area contributed by atoms with E-state index in [1.807, 2.05) is 18.2 Å². The standard InChI is InChI=1S/C28H19ClFN3O5S2/c29-18-7-3-1-5-16(18)14-39-28-32-31-27(40-28)33-23(17-6-2-4-8-19(17)30)22(25(35)26(33)36)24(34)15-9-10-20-21(13-15)38-12-11-37-20/h1-10,13,23,34H,11-12,14H2/t23-/m1/s1. The first kappa shape index (κ1) is 26.3. The maximum absolute atomic E-state index is 15.2. The van der Waals surface area contributed by atoms with Crippen LogP contribution in [-0.4, -0.2) is 40.2 Å². The number of halogens is 2. The van der Waals surface area contributed by atoms with Gasteiger partial charge in [-0.25, -0.2) is 4.39 Å². The molecule has 0 unspecified atom stereocenters. The maximum Gasteiger partial charge on any atom is 0.301 e. The van der Waals surface area contributed by atoms with Crippen LogP contribution in [0.25, 0.3) is 5.76 Å². The number of thioether (sulfide) groups is 1. The van der Waals surface area contributed by atoms with Crippen LogP contribution in [0.15, 0.2) is 76.6 Å². The van der Waals surface area contributed by atoms with Crippen molar-refractivity contribution < 1.29 is 28.6 Å². The number of nitrogens with zero attached hydrogens (tertiary/aromatic N) is 3. The van der Waals surface area contributed by atoms with Crippen LogP contribution >= 0.6 is 34.7 Å². The molecule has 1 amide bonds. The molecule has 4 aromatic rings. The first-order valence-corrected chi connectivity index (χ1v) is 14.3. The monoisotopic (exact) mass is 595 g/mol. The number of hydrogen-bond acceptors (Lipinski definition) is 9. The van der Waals surface area contributed by atoms with Crippen molar-refractivity contribution in [3.05, 3.63) is 99.8 Å². The van der Waals surface area contributed by atoms with Crippen LogP contribution < -0.4 is 14.4 Å². The van der Waals surface area contributed by atoms with Crippen LogP contribution in [0.3, 0.4) is 0 Å². The van der Waals surface area contributed by atoms with Gasteiger partial charge in [0, 0.05) is 21.9 Å². The lowest BCUT2D eigenvalue weighted by Gasteiger charge is -2.23. The molecule has 0 radical (unpaired) electrons. The van der Waals surface area contributed by atoms with E-state index in [0.717, 1.165) is 21.8 Å². The van der Waals surface area contributed by atoms with Gasteiger partial charge in [0.05, 0.1) is 5.57 Å². The zero-order valence-electron chi connectivity index (χ0n) is 20.5. The highest BCUT2D eigenvalue weighted by Gasteiger charge is 2.49. The molecule has 1 saturated heterocycles. The zero-order chi connectivity index (χ0) is 27.8. The molecule has 6 rings (SSSR count). The Morgan fingerprint density at radius 3 is 2.60 bits per heavy atom. The molecule has 0 saturated carbocycles. The molecule has 40 heavy (non-hydrogen) atoms. The molecule has 8 nitrogen and oxygen atoms in total. The maximum atomic E-state index is 15.2. The van der Waals surface area contributed by atoms with Crippen molar-refractivity contribution in [1.82, 2.24) is 10.2 Å². The van der Waals surface area contributed by atoms with Crippen LogP contribution in [0.5, 0.6) is 11.5 Å². The minimum atomic E-state index is -1.27. The first-order chi connectivity index (χ1) is 19.4. The van der Waals surface area contributed by atoms with Gasteiger partial charge in [0.25, 0.3) is 5.78 Å². The third-order valence-electron chi connectivity index (χ3n) is 6.37. The van der Waals surface area contributed by atoms with E-state index < -0.39 is 29.3 Å². The highest BCUT2D eigenvalue weighted by atomic mass is 35.5. The Morgan fingerprint density at radius 1 is 1.05 bits per heavy atom. The van der Waals surface area contributed by atoms with E-state index in [0.29, 0.717) is 39.8 Å². The SMILES string of the molecule is O=C1C(=O)N(c2nnc(SCc3ccccc3Cl)s2)[C@H](c2ccccc2F)C1=C(O)c1ccc2c(c1)OCCO2. The number of aliphatic hydroxyl groups is 1. The van der Waals surface area contributed by atoms with E-state index >= 15 is 4.39 Å². The van der Waals surface area contributed by atoms with Gasteiger partial charge in [0.15, 0.2) is 15.8 Å². The van der Waals surface area contributed by atoms with Crippen molar-refractivity contribution in [3.8, 4) is 11.5 Å². The molecule has 1 atom stereocenters. The molecule has 0 aliphatic carbocycles. The fourth-order valence-electron chi connectivity index (χ4n) is 4.48. The summed E-state index contributed by atoms with van der Waals surface area (Å²) in [4.78, 5) is 27.9. The smallest absolute Gasteiger partial charge is 0.301 e. The summed E-state index contributed by atoms with van der Waals surface area (Å²) in [5, 5.41) is 20.4. The van der Waals surface area contributed by atoms with E-state index in [-0.39, 0.29) is 21.8 Å². The number of rotatable bonds is 6. The van der Waals surface area contributed by atoms with Gasteiger partial charge in [0.2, 0.25) is 5.13 Å². The van der Waals surface area contributed by atoms with Crippen molar-refractivity contribution >= 4 is 57.3 Å². The number of ether oxygens (including phenoxy) is 2. The Kier molecular flexibility index (Phi) is 7.18. The number of fused-ring (bicyclic) bond motifs is 1. The molecule has 202 valence electrons. The van der Waals surface area contributed by atoms with Crippen molar-refractivity contribution in [1.29, 1.82) is 0 Å². The van der Waals surface area contributed by atoms with Crippen LogP contribution in [0.4, 0.5) is 9.52 Å². The van der Waals surface area contributed by atoms with Crippen molar-refractivity contribution in [2.75, 3.05) is 18.1 Å². The molecule has 2 aliphatic rings. The summed E-state index contributed by atoms with van der Waals surface area (Å²) < 4.78 is 26.8. The second kappa shape index (κ2) is 10.9. The molecule has 12 heteroatoms. The van der Waals surface area contributed by atoms with Crippen LogP contribution in [-0.2, 0) is 15.3 Å². The van der Waals surface area contributed by atoms with Gasteiger partial charge in [-0.15, -0.1) is 10.2 Å². The highest BCUT2D eigenvalue weighted by Crippen LogP contribution is 2.45. The quantitative estimate of drug-likeness (QED) is 0.0949. The average molecular weight is 596 g/mol. The average Bonchev–Trinajstić information content (AvgIpc) is 3.54. The summed E-state index contributed by atoms with van der Waals surface area (Å²) >= 11 is 8.70. The van der Waals surface area contributed by atoms with Crippen molar-refractivity contribution in [2.45, 2.75) is 16.1 Å². The molecule has 3 heterocycles. The third kappa shape index (κ3) is 4.80. The molecule has 2 aliphatic heterocycles. The Balaban J connectivity index is 1.40. The number of anilines is 1. The number of carbonyl (C=O) groups excluding carboxylic acids is 2. The topological polar surface area (TPSA) is 102 Å². The zero-order valence-corrected chi connectivity index (χ0v) is 22.9. The summed E-state index contributed by atoms with van der Waals surface area (Å²) in [7, 11) is 0. The predicted octanol–water partition coefficient (Wildman–Crippen LogP) is 6.02. The molecular weight excluding hydrogens is 577 g/mol. The summed E-state index contributed by atoms with van der Waals surface area (Å²) in [5.74, 6) is -1.66. The number of ketones is 1. The lowest BCUT2D eigenvalue weighted by Crippen LogP contribution is -2.29. The van der Waals surface area contributed by atoms with Gasteiger partial charge < -0.3 is 14.6 Å². The number of carbonyl (C=O) groups is 2. The molecular formula is C28H19ClFN3O5S2. The number of Topliss-reactive ketones (excluding diaryl/α,β-unsaturated/α-hetero) is 1. The van der Waals surface area contributed by atoms with Crippen LogP contribution in [0.2, 0.25) is 5.02 Å². The number of amides is 1. The number of aromatic nitrogens is 2.